The number of hydrogen-bond acceptors (Lipinski definition) is 8. The van der Waals surface area contributed by atoms with Crippen LogP contribution in [0.4, 0.5) is 10.8 Å². The average molecular weight is 489 g/mol. The Balaban J connectivity index is 1.69. The second-order valence-electron chi connectivity index (χ2n) is 6.40. The van der Waals surface area contributed by atoms with Gasteiger partial charge in [0.1, 0.15) is 10.8 Å². The largest absolute Gasteiger partial charge is 0.497 e. The van der Waals surface area contributed by atoms with Gasteiger partial charge in [0.2, 0.25) is 23.0 Å². The monoisotopic (exact) mass is 488 g/mol. The molecular formula is C19H20N8O4S2. The summed E-state index contributed by atoms with van der Waals surface area (Å²) in [5.74, 6) is -0.270. The maximum atomic E-state index is 12.4. The number of rotatable bonds is 6. The Morgan fingerprint density at radius 3 is 2.30 bits per heavy atom. The zero-order valence-electron chi connectivity index (χ0n) is 17.5. The summed E-state index contributed by atoms with van der Waals surface area (Å²) in [5.41, 5.74) is 12.7. The molecule has 0 aliphatic heterocycles. The minimum Gasteiger partial charge on any atom is -0.497 e. The molecule has 12 nitrogen and oxygen atoms in total. The number of sulfonamides is 1. The topological polar surface area (TPSA) is 187 Å². The number of carbonyl (C=O) groups is 1. The molecule has 1 heterocycles. The van der Waals surface area contributed by atoms with Gasteiger partial charge in [-0.05, 0) is 48.5 Å². The first-order valence-electron chi connectivity index (χ1n) is 9.23. The Bertz CT molecular complexity index is 1300. The third kappa shape index (κ3) is 6.47. The van der Waals surface area contributed by atoms with Crippen LogP contribution in [0.5, 0.6) is 5.75 Å². The van der Waals surface area contributed by atoms with Crippen molar-refractivity contribution in [3.05, 3.63) is 48.5 Å². The van der Waals surface area contributed by atoms with Crippen molar-refractivity contribution in [2.45, 2.75) is 11.8 Å². The molecule has 1 aromatic heterocycles. The molecule has 0 saturated carbocycles. The van der Waals surface area contributed by atoms with Crippen LogP contribution in [0.1, 0.15) is 6.92 Å². The van der Waals surface area contributed by atoms with E-state index in [4.69, 9.17) is 16.2 Å². The lowest BCUT2D eigenvalue weighted by atomic mass is 10.2. The van der Waals surface area contributed by atoms with Gasteiger partial charge in [-0.2, -0.15) is 13.4 Å². The second-order valence-corrected chi connectivity index (χ2v) is 8.96. The van der Waals surface area contributed by atoms with Gasteiger partial charge in [0.25, 0.3) is 10.0 Å². The van der Waals surface area contributed by atoms with Gasteiger partial charge >= 0.3 is 0 Å². The van der Waals surface area contributed by atoms with Crippen molar-refractivity contribution in [3.8, 4) is 16.3 Å². The molecule has 3 rings (SSSR count). The van der Waals surface area contributed by atoms with Crippen molar-refractivity contribution in [2.24, 2.45) is 20.9 Å². The zero-order chi connectivity index (χ0) is 24.0. The zero-order valence-corrected chi connectivity index (χ0v) is 19.1. The molecule has 3 aromatic rings. The van der Waals surface area contributed by atoms with E-state index in [0.717, 1.165) is 5.56 Å². The minimum absolute atomic E-state index is 0.120. The number of methoxy groups -OCH3 is 1. The summed E-state index contributed by atoms with van der Waals surface area (Å²) in [6, 6.07) is 12.7. The van der Waals surface area contributed by atoms with Crippen LogP contribution in [0, 0.1) is 0 Å². The minimum atomic E-state index is -4.12. The third-order valence-corrected chi connectivity index (χ3v) is 6.09. The van der Waals surface area contributed by atoms with Crippen LogP contribution in [0.3, 0.4) is 0 Å². The van der Waals surface area contributed by atoms with E-state index in [0.29, 0.717) is 16.4 Å². The predicted octanol–water partition coefficient (Wildman–Crippen LogP) is 1.41. The molecule has 0 radical (unpaired) electrons. The summed E-state index contributed by atoms with van der Waals surface area (Å²) in [6.07, 6.45) is 0. The molecule has 172 valence electrons. The number of hydrogen-bond donors (Lipinski definition) is 4. The van der Waals surface area contributed by atoms with Gasteiger partial charge in [0.05, 0.1) is 12.0 Å². The van der Waals surface area contributed by atoms with E-state index in [1.807, 2.05) is 12.1 Å². The summed E-state index contributed by atoms with van der Waals surface area (Å²) < 4.78 is 33.4. The van der Waals surface area contributed by atoms with Crippen LogP contribution >= 0.6 is 11.3 Å². The lowest BCUT2D eigenvalue weighted by Gasteiger charge is -2.05. The van der Waals surface area contributed by atoms with E-state index in [1.165, 1.54) is 42.5 Å². The Hall–Kier alpha value is -4.04. The molecule has 0 unspecified atom stereocenters. The maximum absolute atomic E-state index is 12.4. The maximum Gasteiger partial charge on any atom is 0.285 e. The molecule has 0 aliphatic rings. The van der Waals surface area contributed by atoms with Gasteiger partial charge in [0, 0.05) is 18.2 Å². The van der Waals surface area contributed by atoms with Crippen LogP contribution in [0.15, 0.2) is 62.8 Å². The fourth-order valence-electron chi connectivity index (χ4n) is 2.49. The number of aromatic nitrogens is 2. The average Bonchev–Trinajstić information content (AvgIpc) is 3.21. The van der Waals surface area contributed by atoms with Crippen molar-refractivity contribution in [1.82, 2.24) is 15.5 Å². The lowest BCUT2D eigenvalue weighted by molar-refractivity contribution is -0.114. The molecule has 33 heavy (non-hydrogen) atoms. The number of ether oxygens (including phenoxy) is 1. The number of guanidine groups is 2. The number of amides is 1. The number of carbonyl (C=O) groups excluding carboxylic acids is 1. The smallest absolute Gasteiger partial charge is 0.285 e. The highest BCUT2D eigenvalue weighted by molar-refractivity contribution is 7.90. The van der Waals surface area contributed by atoms with Crippen LogP contribution in [0.2, 0.25) is 0 Å². The molecule has 1 amide bonds. The van der Waals surface area contributed by atoms with Crippen molar-refractivity contribution in [2.75, 3.05) is 12.4 Å². The van der Waals surface area contributed by atoms with Gasteiger partial charge in [-0.3, -0.25) is 10.1 Å². The van der Waals surface area contributed by atoms with Crippen LogP contribution in [0.25, 0.3) is 10.6 Å². The van der Waals surface area contributed by atoms with Gasteiger partial charge in [-0.1, -0.05) is 11.3 Å². The van der Waals surface area contributed by atoms with E-state index in [1.54, 1.807) is 19.2 Å². The van der Waals surface area contributed by atoms with Crippen molar-refractivity contribution in [3.63, 3.8) is 0 Å². The molecule has 0 atom stereocenters. The molecular weight excluding hydrogens is 468 g/mol. The lowest BCUT2D eigenvalue weighted by Crippen LogP contribution is -2.41. The standard InChI is InChI=1S/C19H20N8O4S2/c1-11(28)22-13-5-9-15(10-6-13)33(29,30)27-18(21)23-17(20)24-19-26-25-16(32-19)12-3-7-14(31-2)8-4-12/h3-10H,1-2H3,(H,22,28)(H5,20,21,23,24,26,27). The Kier molecular flexibility index (Phi) is 7.20. The van der Waals surface area contributed by atoms with Crippen LogP contribution in [-0.4, -0.2) is 43.6 Å². The van der Waals surface area contributed by atoms with E-state index in [2.05, 4.69) is 30.2 Å². The molecule has 6 N–H and O–H groups in total. The van der Waals surface area contributed by atoms with Gasteiger partial charge in [-0.15, -0.1) is 14.6 Å². The van der Waals surface area contributed by atoms with Gasteiger partial charge < -0.3 is 21.5 Å². The Labute approximate surface area is 193 Å². The molecule has 0 spiro atoms. The van der Waals surface area contributed by atoms with Gasteiger partial charge in [0.15, 0.2) is 0 Å². The van der Waals surface area contributed by atoms with Crippen LogP contribution < -0.4 is 26.8 Å². The molecule has 2 aromatic carbocycles. The van der Waals surface area contributed by atoms with Crippen molar-refractivity contribution >= 4 is 50.0 Å². The van der Waals surface area contributed by atoms with E-state index in [-0.39, 0.29) is 21.9 Å². The highest BCUT2D eigenvalue weighted by Crippen LogP contribution is 2.29. The van der Waals surface area contributed by atoms with Crippen molar-refractivity contribution < 1.29 is 17.9 Å². The summed E-state index contributed by atoms with van der Waals surface area (Å²) in [7, 11) is -2.54. The first-order chi connectivity index (χ1) is 15.7. The van der Waals surface area contributed by atoms with Crippen LogP contribution in [-0.2, 0) is 14.8 Å². The molecule has 14 heteroatoms. The fraction of sp³-hybridized carbons (Fsp3) is 0.105. The fourth-order valence-corrected chi connectivity index (χ4v) is 4.12. The summed E-state index contributed by atoms with van der Waals surface area (Å²) >= 11 is 1.17. The summed E-state index contributed by atoms with van der Waals surface area (Å²) in [5, 5.41) is 13.8. The Morgan fingerprint density at radius 2 is 1.70 bits per heavy atom. The van der Waals surface area contributed by atoms with E-state index >= 15 is 0 Å². The first kappa shape index (κ1) is 23.6. The quantitative estimate of drug-likeness (QED) is 0.294. The molecule has 0 aliphatic carbocycles. The number of nitrogens with zero attached hydrogens (tertiary/aromatic N) is 4. The number of benzene rings is 2. The number of anilines is 1. The van der Waals surface area contributed by atoms with Gasteiger partial charge in [-0.25, -0.2) is 0 Å². The highest BCUT2D eigenvalue weighted by atomic mass is 32.2. The normalized spacial score (nSPS) is 12.3. The van der Waals surface area contributed by atoms with Crippen molar-refractivity contribution in [1.29, 1.82) is 0 Å². The van der Waals surface area contributed by atoms with E-state index in [9.17, 15) is 13.2 Å². The second kappa shape index (κ2) is 10.1. The first-order valence-corrected chi connectivity index (χ1v) is 11.5. The summed E-state index contributed by atoms with van der Waals surface area (Å²) in [4.78, 5) is 15.0. The molecule has 0 saturated heterocycles. The Morgan fingerprint density at radius 1 is 1.03 bits per heavy atom. The number of aliphatic imine (C=N–C) groups is 1. The van der Waals surface area contributed by atoms with E-state index < -0.39 is 16.0 Å². The SMILES string of the molecule is COc1ccc(-c2nnc(/N=C(\N)N/C(N)=N/S(=O)(=O)c3ccc(NC(C)=O)cc3)s2)cc1. The number of nitrogens with one attached hydrogen (secondary N) is 2. The molecule has 0 fully saturated rings. The molecule has 0 bridgehead atoms. The predicted molar refractivity (Wildman–Crippen MR) is 126 cm³/mol. The summed E-state index contributed by atoms with van der Waals surface area (Å²) in [6.45, 7) is 1.34. The number of nitrogens with two attached hydrogens (primary N) is 2. The highest BCUT2D eigenvalue weighted by Gasteiger charge is 2.14. The third-order valence-electron chi connectivity index (χ3n) is 3.91.